The monoisotopic (exact) mass is 477 g/mol. The van der Waals surface area contributed by atoms with Crippen LogP contribution >= 0.6 is 11.8 Å². The Labute approximate surface area is 200 Å². The van der Waals surface area contributed by atoms with Gasteiger partial charge in [0.15, 0.2) is 18.3 Å². The molecule has 174 valence electrons. The first-order chi connectivity index (χ1) is 16.5. The Balaban J connectivity index is 1.43. The number of anilines is 3. The van der Waals surface area contributed by atoms with Crippen LogP contribution in [0.4, 0.5) is 17.6 Å². The quantitative estimate of drug-likeness (QED) is 0.266. The minimum atomic E-state index is -0.505. The molecule has 34 heavy (non-hydrogen) atoms. The van der Waals surface area contributed by atoms with Crippen molar-refractivity contribution in [3.8, 4) is 0 Å². The molecule has 0 fully saturated rings. The highest BCUT2D eigenvalue weighted by Gasteiger charge is 2.16. The minimum absolute atomic E-state index is 0.0309. The standard InChI is InChI=1S/C23H23N7O3S/c1-3-15-8-4-6-10-17(15)26-23-28-19(27-22(24)29-23)12-32-21(31)16-9-5-7-11-18(16)34-13-20-25-14(2)30-33-20/h4-11H,3,12-13H2,1-2H3,(H3,24,26,27,28,29). The topological polar surface area (TPSA) is 142 Å². The highest BCUT2D eigenvalue weighted by molar-refractivity contribution is 7.98. The Bertz CT molecular complexity index is 1300. The summed E-state index contributed by atoms with van der Waals surface area (Å²) in [5.41, 5.74) is 8.26. The Morgan fingerprint density at radius 3 is 2.68 bits per heavy atom. The molecular weight excluding hydrogens is 454 g/mol. The smallest absolute Gasteiger partial charge is 0.339 e. The molecule has 0 aliphatic rings. The number of rotatable bonds is 9. The number of aryl methyl sites for hydroxylation is 2. The maximum Gasteiger partial charge on any atom is 0.339 e. The van der Waals surface area contributed by atoms with Crippen LogP contribution in [0.25, 0.3) is 0 Å². The maximum atomic E-state index is 12.8. The summed E-state index contributed by atoms with van der Waals surface area (Å²) in [4.78, 5) is 30.3. The van der Waals surface area contributed by atoms with Gasteiger partial charge in [-0.05, 0) is 37.1 Å². The Morgan fingerprint density at radius 2 is 1.88 bits per heavy atom. The number of hydrogen-bond donors (Lipinski definition) is 2. The van der Waals surface area contributed by atoms with Crippen LogP contribution in [0.15, 0.2) is 57.9 Å². The van der Waals surface area contributed by atoms with E-state index >= 15 is 0 Å². The highest BCUT2D eigenvalue weighted by Crippen LogP contribution is 2.26. The number of carbonyl (C=O) groups excluding carboxylic acids is 1. The lowest BCUT2D eigenvalue weighted by Gasteiger charge is -2.11. The van der Waals surface area contributed by atoms with Gasteiger partial charge >= 0.3 is 5.97 Å². The number of hydrogen-bond acceptors (Lipinski definition) is 11. The van der Waals surface area contributed by atoms with Gasteiger partial charge in [0.25, 0.3) is 0 Å². The second-order valence-corrected chi connectivity index (χ2v) is 8.18. The fraction of sp³-hybridized carbons (Fsp3) is 0.217. The van der Waals surface area contributed by atoms with E-state index in [4.69, 9.17) is 15.0 Å². The number of thioether (sulfide) groups is 1. The zero-order chi connectivity index (χ0) is 23.9. The van der Waals surface area contributed by atoms with E-state index in [0.29, 0.717) is 23.0 Å². The number of ether oxygens (including phenoxy) is 1. The molecule has 4 rings (SSSR count). The lowest BCUT2D eigenvalue weighted by atomic mass is 10.1. The predicted molar refractivity (Wildman–Crippen MR) is 127 cm³/mol. The van der Waals surface area contributed by atoms with E-state index in [1.807, 2.05) is 36.4 Å². The van der Waals surface area contributed by atoms with E-state index in [0.717, 1.165) is 22.6 Å². The molecule has 0 spiro atoms. The van der Waals surface area contributed by atoms with E-state index in [2.05, 4.69) is 37.3 Å². The first-order valence-electron chi connectivity index (χ1n) is 10.6. The Hall–Kier alpha value is -3.99. The van der Waals surface area contributed by atoms with Crippen LogP contribution in [0.1, 0.15) is 40.4 Å². The third kappa shape index (κ3) is 5.87. The summed E-state index contributed by atoms with van der Waals surface area (Å²) < 4.78 is 10.6. The first-order valence-corrected chi connectivity index (χ1v) is 11.5. The molecule has 3 N–H and O–H groups in total. The molecule has 11 heteroatoms. The van der Waals surface area contributed by atoms with Gasteiger partial charge in [-0.15, -0.1) is 11.8 Å². The summed E-state index contributed by atoms with van der Waals surface area (Å²) in [5, 5.41) is 6.94. The minimum Gasteiger partial charge on any atom is -0.454 e. The van der Waals surface area contributed by atoms with Gasteiger partial charge in [0.2, 0.25) is 17.8 Å². The van der Waals surface area contributed by atoms with Crippen molar-refractivity contribution < 1.29 is 14.1 Å². The molecule has 0 amide bonds. The van der Waals surface area contributed by atoms with Gasteiger partial charge < -0.3 is 20.3 Å². The zero-order valence-electron chi connectivity index (χ0n) is 18.7. The van der Waals surface area contributed by atoms with E-state index in [-0.39, 0.29) is 24.3 Å². The van der Waals surface area contributed by atoms with Gasteiger partial charge in [-0.1, -0.05) is 42.4 Å². The number of aromatic nitrogens is 5. The third-order valence-corrected chi connectivity index (χ3v) is 5.76. The lowest BCUT2D eigenvalue weighted by molar-refractivity contribution is 0.0458. The van der Waals surface area contributed by atoms with Gasteiger partial charge in [0.1, 0.15) is 0 Å². The zero-order valence-corrected chi connectivity index (χ0v) is 19.5. The summed E-state index contributed by atoms with van der Waals surface area (Å²) in [6, 6.07) is 15.0. The molecule has 2 aromatic carbocycles. The van der Waals surface area contributed by atoms with E-state index in [1.54, 1.807) is 19.1 Å². The number of nitrogens with zero attached hydrogens (tertiary/aromatic N) is 5. The molecule has 0 aliphatic heterocycles. The van der Waals surface area contributed by atoms with Crippen LogP contribution in [0, 0.1) is 6.92 Å². The molecule has 0 saturated carbocycles. The Kier molecular flexibility index (Phi) is 7.33. The number of benzene rings is 2. The van der Waals surface area contributed by atoms with Crippen molar-refractivity contribution in [2.75, 3.05) is 11.1 Å². The number of nitrogen functional groups attached to an aromatic ring is 1. The Morgan fingerprint density at radius 1 is 1.09 bits per heavy atom. The van der Waals surface area contributed by atoms with Crippen molar-refractivity contribution >= 4 is 35.3 Å². The molecule has 10 nitrogen and oxygen atoms in total. The van der Waals surface area contributed by atoms with Crippen LogP contribution in [0.2, 0.25) is 0 Å². The first kappa shape index (κ1) is 23.2. The molecule has 0 aliphatic carbocycles. The fourth-order valence-corrected chi connectivity index (χ4v) is 4.01. The second-order valence-electron chi connectivity index (χ2n) is 7.17. The van der Waals surface area contributed by atoms with Crippen molar-refractivity contribution in [1.29, 1.82) is 0 Å². The van der Waals surface area contributed by atoms with Crippen LogP contribution in [0.5, 0.6) is 0 Å². The van der Waals surface area contributed by atoms with Crippen LogP contribution in [0.3, 0.4) is 0 Å². The lowest BCUT2D eigenvalue weighted by Crippen LogP contribution is -2.12. The summed E-state index contributed by atoms with van der Waals surface area (Å²) in [5.74, 6) is 1.53. The summed E-state index contributed by atoms with van der Waals surface area (Å²) >= 11 is 1.40. The van der Waals surface area contributed by atoms with Gasteiger partial charge in [0, 0.05) is 10.6 Å². The molecule has 0 bridgehead atoms. The largest absolute Gasteiger partial charge is 0.454 e. The van der Waals surface area contributed by atoms with Crippen LogP contribution in [-0.4, -0.2) is 31.1 Å². The predicted octanol–water partition coefficient (Wildman–Crippen LogP) is 4.10. The van der Waals surface area contributed by atoms with E-state index in [9.17, 15) is 4.79 Å². The van der Waals surface area contributed by atoms with Crippen molar-refractivity contribution in [2.24, 2.45) is 0 Å². The summed E-state index contributed by atoms with van der Waals surface area (Å²) in [6.07, 6.45) is 0.845. The average Bonchev–Trinajstić information content (AvgIpc) is 3.26. The van der Waals surface area contributed by atoms with Gasteiger partial charge in [-0.25, -0.2) is 4.79 Å². The number of carbonyl (C=O) groups is 1. The van der Waals surface area contributed by atoms with Gasteiger partial charge in [-0.2, -0.15) is 19.9 Å². The summed E-state index contributed by atoms with van der Waals surface area (Å²) in [6.45, 7) is 3.66. The normalized spacial score (nSPS) is 10.8. The third-order valence-electron chi connectivity index (χ3n) is 4.70. The van der Waals surface area contributed by atoms with Gasteiger partial charge in [-0.3, -0.25) is 0 Å². The number of esters is 1. The molecule has 0 radical (unpaired) electrons. The second kappa shape index (κ2) is 10.8. The van der Waals surface area contributed by atoms with Crippen molar-refractivity contribution in [3.05, 3.63) is 77.2 Å². The molecule has 0 unspecified atom stereocenters. The summed E-state index contributed by atoms with van der Waals surface area (Å²) in [7, 11) is 0. The van der Waals surface area contributed by atoms with Crippen LogP contribution < -0.4 is 11.1 Å². The molecule has 2 aromatic heterocycles. The van der Waals surface area contributed by atoms with Crippen LogP contribution in [-0.2, 0) is 23.5 Å². The van der Waals surface area contributed by atoms with Crippen molar-refractivity contribution in [3.63, 3.8) is 0 Å². The van der Waals surface area contributed by atoms with Gasteiger partial charge in [0.05, 0.1) is 11.3 Å². The number of nitrogens with one attached hydrogen (secondary N) is 1. The fourth-order valence-electron chi connectivity index (χ4n) is 3.14. The van der Waals surface area contributed by atoms with E-state index < -0.39 is 5.97 Å². The molecule has 4 aromatic rings. The molecule has 0 saturated heterocycles. The molecule has 0 atom stereocenters. The average molecular weight is 478 g/mol. The van der Waals surface area contributed by atoms with Crippen molar-refractivity contribution in [1.82, 2.24) is 25.1 Å². The highest BCUT2D eigenvalue weighted by atomic mass is 32.2. The molecule has 2 heterocycles. The van der Waals surface area contributed by atoms with Crippen molar-refractivity contribution in [2.45, 2.75) is 37.5 Å². The number of para-hydroxylation sites is 1. The number of nitrogens with two attached hydrogens (primary N) is 1. The molecular formula is C23H23N7O3S. The van der Waals surface area contributed by atoms with E-state index in [1.165, 1.54) is 11.8 Å². The maximum absolute atomic E-state index is 12.8. The SMILES string of the molecule is CCc1ccccc1Nc1nc(N)nc(COC(=O)c2ccccc2SCc2nc(C)no2)n1.